The number of nitro benzene ring substituents is 2. The number of hydrazine groups is 1. The van der Waals surface area contributed by atoms with Gasteiger partial charge in [0.1, 0.15) is 5.69 Å². The van der Waals surface area contributed by atoms with Crippen LogP contribution in [0.4, 0.5) is 17.1 Å². The van der Waals surface area contributed by atoms with Crippen LogP contribution in [0.15, 0.2) is 48.5 Å². The van der Waals surface area contributed by atoms with Gasteiger partial charge in [-0.05, 0) is 11.6 Å². The van der Waals surface area contributed by atoms with Gasteiger partial charge < -0.3 is 0 Å². The van der Waals surface area contributed by atoms with E-state index in [-0.39, 0.29) is 12.1 Å². The number of nitrogens with zero attached hydrogens (tertiary/aromatic N) is 2. The number of rotatable bonds is 6. The lowest BCUT2D eigenvalue weighted by atomic mass is 10.1. The highest BCUT2D eigenvalue weighted by Gasteiger charge is 2.19. The largest absolute Gasteiger partial charge is 0.300 e. The molecule has 9 heteroatoms. The molecule has 0 spiro atoms. The summed E-state index contributed by atoms with van der Waals surface area (Å²) in [5.74, 6) is -0.399. The molecule has 0 bridgehead atoms. The maximum Gasteiger partial charge on any atom is 0.300 e. The molecule has 0 aromatic heterocycles. The molecule has 1 amide bonds. The summed E-state index contributed by atoms with van der Waals surface area (Å²) in [6.45, 7) is 0. The number of carbonyl (C=O) groups is 1. The Hall–Kier alpha value is -3.49. The van der Waals surface area contributed by atoms with E-state index in [9.17, 15) is 25.0 Å². The van der Waals surface area contributed by atoms with Gasteiger partial charge in [0, 0.05) is 6.07 Å². The van der Waals surface area contributed by atoms with Crippen LogP contribution in [0.3, 0.4) is 0 Å². The van der Waals surface area contributed by atoms with Crippen LogP contribution in [-0.2, 0) is 11.2 Å². The predicted molar refractivity (Wildman–Crippen MR) is 81.7 cm³/mol. The van der Waals surface area contributed by atoms with E-state index in [1.165, 1.54) is 6.07 Å². The van der Waals surface area contributed by atoms with Crippen molar-refractivity contribution < 1.29 is 14.6 Å². The lowest BCUT2D eigenvalue weighted by Gasteiger charge is -2.09. The highest BCUT2D eigenvalue weighted by molar-refractivity contribution is 5.80. The van der Waals surface area contributed by atoms with Crippen LogP contribution in [0.5, 0.6) is 0 Å². The Morgan fingerprint density at radius 3 is 2.30 bits per heavy atom. The van der Waals surface area contributed by atoms with E-state index in [1.54, 1.807) is 24.3 Å². The van der Waals surface area contributed by atoms with E-state index in [1.807, 2.05) is 6.07 Å². The number of hydrogen-bond donors (Lipinski definition) is 2. The second-order valence-corrected chi connectivity index (χ2v) is 4.55. The molecule has 118 valence electrons. The monoisotopic (exact) mass is 316 g/mol. The van der Waals surface area contributed by atoms with Gasteiger partial charge in [0.05, 0.1) is 22.3 Å². The fourth-order valence-electron chi connectivity index (χ4n) is 1.85. The van der Waals surface area contributed by atoms with Crippen LogP contribution in [0.25, 0.3) is 0 Å². The minimum Gasteiger partial charge on any atom is -0.292 e. The molecule has 2 aromatic rings. The Kier molecular flexibility index (Phi) is 4.82. The summed E-state index contributed by atoms with van der Waals surface area (Å²) in [5, 5.41) is 21.6. The van der Waals surface area contributed by atoms with Crippen molar-refractivity contribution in [2.75, 3.05) is 5.43 Å². The number of hydrogen-bond acceptors (Lipinski definition) is 6. The average Bonchev–Trinajstić information content (AvgIpc) is 2.53. The van der Waals surface area contributed by atoms with Gasteiger partial charge in [0.2, 0.25) is 5.91 Å². The van der Waals surface area contributed by atoms with Crippen molar-refractivity contribution in [3.8, 4) is 0 Å². The first-order valence-electron chi connectivity index (χ1n) is 6.49. The van der Waals surface area contributed by atoms with Crippen LogP contribution >= 0.6 is 0 Å². The molecule has 2 aromatic carbocycles. The van der Waals surface area contributed by atoms with Gasteiger partial charge in [0.25, 0.3) is 5.69 Å². The highest BCUT2D eigenvalue weighted by Crippen LogP contribution is 2.28. The first-order chi connectivity index (χ1) is 11.0. The van der Waals surface area contributed by atoms with Gasteiger partial charge in [-0.15, -0.1) is 0 Å². The summed E-state index contributed by atoms with van der Waals surface area (Å²) in [7, 11) is 0. The molecule has 9 nitrogen and oxygen atoms in total. The number of non-ortho nitro benzene ring substituents is 1. The van der Waals surface area contributed by atoms with Crippen LogP contribution in [0.1, 0.15) is 5.56 Å². The van der Waals surface area contributed by atoms with Crippen molar-refractivity contribution in [3.63, 3.8) is 0 Å². The van der Waals surface area contributed by atoms with Crippen molar-refractivity contribution >= 4 is 23.0 Å². The van der Waals surface area contributed by atoms with E-state index in [4.69, 9.17) is 0 Å². The van der Waals surface area contributed by atoms with E-state index >= 15 is 0 Å². The Morgan fingerprint density at radius 2 is 1.70 bits per heavy atom. The molecule has 0 aliphatic carbocycles. The number of carbonyl (C=O) groups excluding carboxylic acids is 1. The molecular formula is C14H12N4O5. The molecule has 0 radical (unpaired) electrons. The average molecular weight is 316 g/mol. The maximum absolute atomic E-state index is 11.8. The normalized spacial score (nSPS) is 9.91. The molecule has 0 aliphatic rings. The van der Waals surface area contributed by atoms with Crippen molar-refractivity contribution in [2.24, 2.45) is 0 Å². The topological polar surface area (TPSA) is 127 Å². The highest BCUT2D eigenvalue weighted by atomic mass is 16.6. The Balaban J connectivity index is 2.06. The van der Waals surface area contributed by atoms with Gasteiger partial charge in [-0.2, -0.15) is 0 Å². The third kappa shape index (κ3) is 4.24. The van der Waals surface area contributed by atoms with E-state index in [0.29, 0.717) is 0 Å². The van der Waals surface area contributed by atoms with Gasteiger partial charge in [0.15, 0.2) is 0 Å². The molecule has 23 heavy (non-hydrogen) atoms. The summed E-state index contributed by atoms with van der Waals surface area (Å²) < 4.78 is 0. The van der Waals surface area contributed by atoms with Crippen molar-refractivity contribution in [1.29, 1.82) is 0 Å². The Labute approximate surface area is 130 Å². The van der Waals surface area contributed by atoms with Gasteiger partial charge in [-0.3, -0.25) is 35.9 Å². The molecule has 0 aliphatic heterocycles. The molecule has 2 N–H and O–H groups in total. The number of nitrogens with one attached hydrogen (secondary N) is 2. The molecule has 0 fully saturated rings. The minimum absolute atomic E-state index is 0.0398. The number of benzene rings is 2. The minimum atomic E-state index is -0.765. The number of amides is 1. The molecule has 0 unspecified atom stereocenters. The van der Waals surface area contributed by atoms with Crippen LogP contribution in [0.2, 0.25) is 0 Å². The Bertz CT molecular complexity index is 748. The summed E-state index contributed by atoms with van der Waals surface area (Å²) >= 11 is 0. The second kappa shape index (κ2) is 6.98. The zero-order valence-corrected chi connectivity index (χ0v) is 11.8. The standard InChI is InChI=1S/C14H12N4O5/c19-14(8-10-4-2-1-3-5-10)16-15-12-7-6-11(17(20)21)9-13(12)18(22)23/h1-7,9,15H,8H2,(H,16,19). The SMILES string of the molecule is O=C(Cc1ccccc1)NNc1ccc([N+](=O)[O-])cc1[N+](=O)[O-]. The maximum atomic E-state index is 11.8. The Morgan fingerprint density at radius 1 is 1.00 bits per heavy atom. The van der Waals surface area contributed by atoms with E-state index < -0.39 is 27.1 Å². The second-order valence-electron chi connectivity index (χ2n) is 4.55. The van der Waals surface area contributed by atoms with E-state index in [0.717, 1.165) is 17.7 Å². The number of anilines is 1. The third-order valence-corrected chi connectivity index (χ3v) is 2.93. The first kappa shape index (κ1) is 15.9. The zero-order chi connectivity index (χ0) is 16.8. The molecule has 2 rings (SSSR count). The summed E-state index contributed by atoms with van der Waals surface area (Å²) in [6.07, 6.45) is 0.0919. The molecular weight excluding hydrogens is 304 g/mol. The van der Waals surface area contributed by atoms with Gasteiger partial charge in [-0.1, -0.05) is 30.3 Å². The molecule has 0 heterocycles. The zero-order valence-electron chi connectivity index (χ0n) is 11.8. The van der Waals surface area contributed by atoms with Gasteiger partial charge in [-0.25, -0.2) is 0 Å². The molecule has 0 saturated carbocycles. The third-order valence-electron chi connectivity index (χ3n) is 2.93. The van der Waals surface area contributed by atoms with Crippen molar-refractivity contribution in [1.82, 2.24) is 5.43 Å². The quantitative estimate of drug-likeness (QED) is 0.621. The summed E-state index contributed by atoms with van der Waals surface area (Å²) in [6, 6.07) is 12.0. The summed E-state index contributed by atoms with van der Waals surface area (Å²) in [5.41, 5.74) is 4.58. The van der Waals surface area contributed by atoms with Crippen molar-refractivity contribution in [2.45, 2.75) is 6.42 Å². The first-order valence-corrected chi connectivity index (χ1v) is 6.49. The smallest absolute Gasteiger partial charge is 0.292 e. The molecule has 0 atom stereocenters. The molecule has 0 saturated heterocycles. The van der Waals surface area contributed by atoms with Crippen LogP contribution in [-0.4, -0.2) is 15.8 Å². The lowest BCUT2D eigenvalue weighted by Crippen LogP contribution is -2.31. The lowest BCUT2D eigenvalue weighted by molar-refractivity contribution is -0.393. The fraction of sp³-hybridized carbons (Fsp3) is 0.0714. The predicted octanol–water partition coefficient (Wildman–Crippen LogP) is 2.19. The summed E-state index contributed by atoms with van der Waals surface area (Å²) in [4.78, 5) is 31.9. The van der Waals surface area contributed by atoms with E-state index in [2.05, 4.69) is 10.9 Å². The fourth-order valence-corrected chi connectivity index (χ4v) is 1.85. The van der Waals surface area contributed by atoms with Crippen molar-refractivity contribution in [3.05, 3.63) is 74.3 Å². The van der Waals surface area contributed by atoms with Crippen LogP contribution < -0.4 is 10.9 Å². The number of nitro groups is 2. The van der Waals surface area contributed by atoms with Crippen LogP contribution in [0, 0.1) is 20.2 Å². The van der Waals surface area contributed by atoms with Gasteiger partial charge >= 0.3 is 5.69 Å².